The summed E-state index contributed by atoms with van der Waals surface area (Å²) in [6.07, 6.45) is 0. The Kier molecular flexibility index (Phi) is 19.5. The summed E-state index contributed by atoms with van der Waals surface area (Å²) in [5.74, 6) is 12.5. The zero-order chi connectivity index (χ0) is 68.8. The topological polar surface area (TPSA) is 3.24 Å². The first kappa shape index (κ1) is 68.3. The Labute approximate surface area is 584 Å². The van der Waals surface area contributed by atoms with Crippen LogP contribution in [0, 0.1) is 34.4 Å². The Morgan fingerprint density at radius 2 is 0.392 bits per heavy atom. The molecule has 3 aliphatic heterocycles. The van der Waals surface area contributed by atoms with Crippen molar-refractivity contribution in [1.29, 1.82) is 0 Å². The van der Waals surface area contributed by atoms with E-state index in [0.717, 1.165) is 82.4 Å². The number of rotatable bonds is 15. The summed E-state index contributed by atoms with van der Waals surface area (Å²) < 4.78 is 0. The van der Waals surface area contributed by atoms with Crippen LogP contribution in [-0.2, 0) is 0 Å². The fraction of sp³-hybridized carbons (Fsp3) is 0.290. The molecule has 0 unspecified atom stereocenters. The van der Waals surface area contributed by atoms with Crippen molar-refractivity contribution < 1.29 is 0 Å². The summed E-state index contributed by atoms with van der Waals surface area (Å²) in [4.78, 5) is 2.73. The standard InChI is InChI=1S/C93H99NSi3/c1-61(2)95(62(3)4,63(5)6)52-49-70-55-79-88(85(73-37-25-19-26-38-73)74-39-27-20-28-40-74)81-57-71(50-53-96(64(7)8,65(9)10)66(11)12)59-83-90(87(77-45-33-23-34-46-77)78-47-35-24-36-48-78)84-60-72(51-54-97(67(13)14,68(15)16)69(17)18)58-82-89(80(56-70)91(79)94(92(81)83)93(82)84)86(75-41-29-21-30-42-75)76-43-31-22-32-44-76/h19-48,55-69H,1-18H3. The maximum Gasteiger partial charge on any atom is 0.146 e. The molecule has 0 spiro atoms. The Morgan fingerprint density at radius 1 is 0.237 bits per heavy atom. The number of anilines is 3. The lowest BCUT2D eigenvalue weighted by atomic mass is 9.81. The second kappa shape index (κ2) is 27.7. The smallest absolute Gasteiger partial charge is 0.146 e. The van der Waals surface area contributed by atoms with Crippen molar-refractivity contribution in [1.82, 2.24) is 0 Å². The van der Waals surface area contributed by atoms with Crippen molar-refractivity contribution >= 4 is 90.3 Å². The minimum Gasteiger partial charge on any atom is -0.307 e. The van der Waals surface area contributed by atoms with E-state index in [1.54, 1.807) is 0 Å². The summed E-state index contributed by atoms with van der Waals surface area (Å²) in [5.41, 5.74) is 33.9. The van der Waals surface area contributed by atoms with Crippen LogP contribution in [0.15, 0.2) is 218 Å². The molecule has 1 nitrogen and oxygen atoms in total. The molecule has 0 saturated heterocycles. The lowest BCUT2D eigenvalue weighted by Crippen LogP contribution is -2.43. The van der Waals surface area contributed by atoms with Crippen molar-refractivity contribution in [2.24, 2.45) is 0 Å². The second-order valence-corrected chi connectivity index (χ2v) is 47.2. The van der Waals surface area contributed by atoms with Gasteiger partial charge in [0, 0.05) is 64.7 Å². The lowest BCUT2D eigenvalue weighted by Gasteiger charge is -2.39. The molecule has 0 aliphatic carbocycles. The molecule has 9 aromatic rings. The first-order valence-corrected chi connectivity index (χ1v) is 42.8. The van der Waals surface area contributed by atoms with Crippen LogP contribution in [-0.4, -0.2) is 24.2 Å². The van der Waals surface area contributed by atoms with Gasteiger partial charge in [0.2, 0.25) is 0 Å². The van der Waals surface area contributed by atoms with Crippen molar-refractivity contribution in [2.75, 3.05) is 4.90 Å². The number of hydrogen-bond acceptors (Lipinski definition) is 1. The van der Waals surface area contributed by atoms with Crippen molar-refractivity contribution in [2.45, 2.75) is 174 Å². The molecule has 97 heavy (non-hydrogen) atoms. The fourth-order valence-corrected chi connectivity index (χ4v) is 34.1. The molecule has 0 bridgehead atoms. The Hall–Kier alpha value is -8.67. The first-order chi connectivity index (χ1) is 46.6. The van der Waals surface area contributed by atoms with Gasteiger partial charge in [-0.15, -0.1) is 16.6 Å². The van der Waals surface area contributed by atoms with Crippen LogP contribution in [0.25, 0.3) is 49.0 Å². The van der Waals surface area contributed by atoms with Crippen molar-refractivity contribution in [3.8, 4) is 34.4 Å². The Bertz CT molecular complexity index is 4280. The maximum atomic E-state index is 4.30. The number of benzene rings is 9. The van der Waals surface area contributed by atoms with E-state index < -0.39 is 24.2 Å². The molecular weight excluding hydrogens is 1220 g/mol. The van der Waals surface area contributed by atoms with Gasteiger partial charge in [-0.05, 0) is 136 Å². The zero-order valence-electron chi connectivity index (χ0n) is 60.9. The third-order valence-corrected chi connectivity index (χ3v) is 41.5. The highest BCUT2D eigenvalue weighted by molar-refractivity contribution is 6.91. The third kappa shape index (κ3) is 11.9. The van der Waals surface area contributed by atoms with E-state index in [1.165, 1.54) is 49.4 Å². The molecule has 488 valence electrons. The third-order valence-electron chi connectivity index (χ3n) is 22.6. The molecular formula is C93H99NSi3. The van der Waals surface area contributed by atoms with Gasteiger partial charge in [-0.1, -0.05) is 324 Å². The van der Waals surface area contributed by atoms with Gasteiger partial charge in [-0.2, -0.15) is 0 Å². The van der Waals surface area contributed by atoms with E-state index >= 15 is 0 Å². The van der Waals surface area contributed by atoms with Crippen LogP contribution in [0.2, 0.25) is 49.9 Å². The number of nitrogens with zero attached hydrogens (tertiary/aromatic N) is 1. The predicted octanol–water partition coefficient (Wildman–Crippen LogP) is 23.5. The van der Waals surface area contributed by atoms with Gasteiger partial charge >= 0.3 is 0 Å². The Morgan fingerprint density at radius 3 is 0.536 bits per heavy atom. The lowest BCUT2D eigenvalue weighted by molar-refractivity contribution is 0.838. The van der Waals surface area contributed by atoms with E-state index in [-0.39, 0.29) is 0 Å². The molecule has 3 aliphatic rings. The second-order valence-electron chi connectivity index (χ2n) is 30.5. The van der Waals surface area contributed by atoms with E-state index in [0.29, 0.717) is 49.9 Å². The van der Waals surface area contributed by atoms with E-state index in [2.05, 4.69) is 382 Å². The van der Waals surface area contributed by atoms with Gasteiger partial charge < -0.3 is 4.90 Å². The van der Waals surface area contributed by atoms with Crippen molar-refractivity contribution in [3.05, 3.63) is 284 Å². The Balaban J connectivity index is 1.54. The van der Waals surface area contributed by atoms with Gasteiger partial charge in [0.1, 0.15) is 24.2 Å². The predicted molar refractivity (Wildman–Crippen MR) is 430 cm³/mol. The molecule has 0 amide bonds. The van der Waals surface area contributed by atoms with Crippen LogP contribution in [0.4, 0.5) is 17.1 Å². The van der Waals surface area contributed by atoms with Crippen LogP contribution in [0.5, 0.6) is 0 Å². The largest absolute Gasteiger partial charge is 0.307 e. The van der Waals surface area contributed by atoms with Crippen LogP contribution < -0.4 is 20.6 Å². The molecule has 3 heterocycles. The van der Waals surface area contributed by atoms with Crippen LogP contribution >= 0.6 is 0 Å². The van der Waals surface area contributed by atoms with E-state index in [1.807, 2.05) is 0 Å². The van der Waals surface area contributed by atoms with Gasteiger partial charge in [0.05, 0.1) is 17.1 Å². The molecule has 0 radical (unpaired) electrons. The molecule has 0 N–H and O–H groups in total. The van der Waals surface area contributed by atoms with Crippen LogP contribution in [0.1, 0.15) is 175 Å². The highest BCUT2D eigenvalue weighted by Crippen LogP contribution is 2.53. The molecule has 0 aromatic heterocycles. The maximum absolute atomic E-state index is 4.30. The highest BCUT2D eigenvalue weighted by atomic mass is 28.3. The SMILES string of the molecule is CC(C)[Si](C#Cc1cc2c3c(c1)c(=C(c1ccccc1)c1ccccc1)c1cc(C#C[Si](C(C)C)(C(C)C)C(C)C)cc4c1N3c1c(cc(C#C[Si](C(C)C)(C(C)C)C(C)C)cc1c4=C(c1ccccc1)c1ccccc1)c2=C(c1ccccc1)c1ccccc1)(C(C)C)C(C)C. The molecule has 12 rings (SSSR count). The van der Waals surface area contributed by atoms with Gasteiger partial charge in [-0.3, -0.25) is 0 Å². The van der Waals surface area contributed by atoms with Gasteiger partial charge in [-0.25, -0.2) is 0 Å². The molecule has 9 aromatic carbocycles. The summed E-state index contributed by atoms with van der Waals surface area (Å²) in [7, 11) is -6.87. The highest BCUT2D eigenvalue weighted by Gasteiger charge is 2.45. The monoisotopic (exact) mass is 1310 g/mol. The average molecular weight is 1320 g/mol. The minimum atomic E-state index is -2.29. The quantitative estimate of drug-likeness (QED) is 0.0730. The fourth-order valence-electron chi connectivity index (χ4n) is 18.4. The van der Waals surface area contributed by atoms with E-state index in [4.69, 9.17) is 0 Å². The normalized spacial score (nSPS) is 12.6. The molecule has 0 atom stereocenters. The summed E-state index contributed by atoms with van der Waals surface area (Å²) in [6, 6.07) is 82.4. The van der Waals surface area contributed by atoms with Crippen LogP contribution in [0.3, 0.4) is 0 Å². The molecule has 0 fully saturated rings. The van der Waals surface area contributed by atoms with Crippen molar-refractivity contribution in [3.63, 3.8) is 0 Å². The van der Waals surface area contributed by atoms with Gasteiger partial charge in [0.25, 0.3) is 0 Å². The minimum absolute atomic E-state index is 0.446. The first-order valence-electron chi connectivity index (χ1n) is 36.1. The van der Waals surface area contributed by atoms with E-state index in [9.17, 15) is 0 Å². The summed E-state index contributed by atoms with van der Waals surface area (Å²) in [5, 5.41) is 10.5. The number of hydrogen-bond donors (Lipinski definition) is 0. The summed E-state index contributed by atoms with van der Waals surface area (Å²) in [6.45, 7) is 43.9. The average Bonchev–Trinajstić information content (AvgIpc) is 0.671. The summed E-state index contributed by atoms with van der Waals surface area (Å²) >= 11 is 0. The molecule has 0 saturated carbocycles. The zero-order valence-corrected chi connectivity index (χ0v) is 63.9. The van der Waals surface area contributed by atoms with Gasteiger partial charge in [0.15, 0.2) is 0 Å². The molecule has 4 heteroatoms.